The predicted molar refractivity (Wildman–Crippen MR) is 56.9 cm³/mol. The van der Waals surface area contributed by atoms with Gasteiger partial charge in [0.25, 0.3) is 10.5 Å². The van der Waals surface area contributed by atoms with Crippen molar-refractivity contribution in [3.63, 3.8) is 0 Å². The third-order valence-corrected chi connectivity index (χ3v) is 2.08. The molecular formula is C10H6Cl2O2. The fourth-order valence-electron chi connectivity index (χ4n) is 0.996. The van der Waals surface area contributed by atoms with E-state index in [2.05, 4.69) is 6.58 Å². The van der Waals surface area contributed by atoms with E-state index in [0.29, 0.717) is 5.56 Å². The number of carbonyl (C=O) groups excluding carboxylic acids is 2. The second-order valence-electron chi connectivity index (χ2n) is 2.60. The molecule has 0 fully saturated rings. The smallest absolute Gasteiger partial charge is 0.252 e. The lowest BCUT2D eigenvalue weighted by Gasteiger charge is -2.00. The lowest BCUT2D eigenvalue weighted by molar-refractivity contribution is 0.108. The van der Waals surface area contributed by atoms with Crippen molar-refractivity contribution in [1.82, 2.24) is 0 Å². The van der Waals surface area contributed by atoms with Crippen LogP contribution in [0.15, 0.2) is 24.8 Å². The highest BCUT2D eigenvalue weighted by atomic mass is 35.5. The summed E-state index contributed by atoms with van der Waals surface area (Å²) in [6.45, 7) is 3.52. The molecule has 14 heavy (non-hydrogen) atoms. The normalized spacial score (nSPS) is 9.57. The Bertz CT molecular complexity index is 378. The molecule has 0 saturated carbocycles. The van der Waals surface area contributed by atoms with Crippen LogP contribution in [0.25, 0.3) is 6.08 Å². The van der Waals surface area contributed by atoms with Crippen molar-refractivity contribution >= 4 is 39.8 Å². The molecule has 4 heteroatoms. The summed E-state index contributed by atoms with van der Waals surface area (Å²) in [5.74, 6) is 0. The van der Waals surface area contributed by atoms with Crippen molar-refractivity contribution in [1.29, 1.82) is 0 Å². The molecule has 0 amide bonds. The van der Waals surface area contributed by atoms with E-state index in [1.54, 1.807) is 0 Å². The van der Waals surface area contributed by atoms with Crippen LogP contribution in [-0.2, 0) is 0 Å². The molecular weight excluding hydrogens is 223 g/mol. The molecule has 1 aromatic carbocycles. The molecule has 0 N–H and O–H groups in total. The molecule has 0 radical (unpaired) electrons. The monoisotopic (exact) mass is 228 g/mol. The molecule has 0 atom stereocenters. The Balaban J connectivity index is 3.34. The van der Waals surface area contributed by atoms with Crippen LogP contribution >= 0.6 is 23.2 Å². The predicted octanol–water partition coefficient (Wildman–Crippen LogP) is 3.09. The standard InChI is InChI=1S/C10H6Cl2O2/c1-2-6-3-7(9(11)13)5-8(4-6)10(12)14/h2-5H,1H2. The van der Waals surface area contributed by atoms with Gasteiger partial charge in [0, 0.05) is 11.1 Å². The fourth-order valence-corrected chi connectivity index (χ4v) is 1.21. The average molecular weight is 229 g/mol. The van der Waals surface area contributed by atoms with Gasteiger partial charge in [0.05, 0.1) is 0 Å². The van der Waals surface area contributed by atoms with Gasteiger partial charge in [0.2, 0.25) is 0 Å². The maximum atomic E-state index is 10.9. The number of hydrogen-bond donors (Lipinski definition) is 0. The van der Waals surface area contributed by atoms with Crippen LogP contribution in [0, 0.1) is 0 Å². The van der Waals surface area contributed by atoms with Crippen molar-refractivity contribution in [2.45, 2.75) is 0 Å². The molecule has 0 heterocycles. The van der Waals surface area contributed by atoms with Gasteiger partial charge in [-0.25, -0.2) is 0 Å². The van der Waals surface area contributed by atoms with Crippen LogP contribution in [0.2, 0.25) is 0 Å². The first-order valence-electron chi connectivity index (χ1n) is 3.72. The van der Waals surface area contributed by atoms with Crippen LogP contribution < -0.4 is 0 Å². The SMILES string of the molecule is C=Cc1cc(C(=O)Cl)cc(C(=O)Cl)c1. The molecule has 72 valence electrons. The van der Waals surface area contributed by atoms with E-state index >= 15 is 0 Å². The molecule has 1 rings (SSSR count). The second kappa shape index (κ2) is 4.40. The number of halogens is 2. The Morgan fingerprint density at radius 1 is 1.07 bits per heavy atom. The minimum Gasteiger partial charge on any atom is -0.276 e. The van der Waals surface area contributed by atoms with Gasteiger partial charge >= 0.3 is 0 Å². The summed E-state index contributed by atoms with van der Waals surface area (Å²) in [4.78, 5) is 21.7. The fraction of sp³-hybridized carbons (Fsp3) is 0. The molecule has 0 saturated heterocycles. The second-order valence-corrected chi connectivity index (χ2v) is 3.28. The molecule has 1 aromatic rings. The van der Waals surface area contributed by atoms with Crippen LogP contribution in [0.4, 0.5) is 0 Å². The van der Waals surface area contributed by atoms with Crippen molar-refractivity contribution in [3.8, 4) is 0 Å². The Hall–Kier alpha value is -1.12. The van der Waals surface area contributed by atoms with E-state index < -0.39 is 10.5 Å². The molecule has 0 unspecified atom stereocenters. The van der Waals surface area contributed by atoms with Crippen molar-refractivity contribution < 1.29 is 9.59 Å². The summed E-state index contributed by atoms with van der Waals surface area (Å²) in [7, 11) is 0. The first-order chi connectivity index (χ1) is 6.54. The van der Waals surface area contributed by atoms with Gasteiger partial charge in [-0.2, -0.15) is 0 Å². The summed E-state index contributed by atoms with van der Waals surface area (Å²) < 4.78 is 0. The third kappa shape index (κ3) is 2.44. The van der Waals surface area contributed by atoms with E-state index in [1.807, 2.05) is 0 Å². The highest BCUT2D eigenvalue weighted by Crippen LogP contribution is 2.15. The van der Waals surface area contributed by atoms with Crippen LogP contribution in [0.1, 0.15) is 26.3 Å². The number of rotatable bonds is 3. The summed E-state index contributed by atoms with van der Waals surface area (Å²) in [5.41, 5.74) is 1.08. The van der Waals surface area contributed by atoms with Gasteiger partial charge in [0.15, 0.2) is 0 Å². The van der Waals surface area contributed by atoms with Crippen LogP contribution in [0.3, 0.4) is 0 Å². The number of carbonyl (C=O) groups is 2. The maximum absolute atomic E-state index is 10.9. The Labute approximate surface area is 91.1 Å². The average Bonchev–Trinajstić information content (AvgIpc) is 2.16. The Morgan fingerprint density at radius 3 is 1.79 bits per heavy atom. The van der Waals surface area contributed by atoms with Gasteiger partial charge < -0.3 is 0 Å². The lowest BCUT2D eigenvalue weighted by atomic mass is 10.1. The first kappa shape index (κ1) is 11.0. The van der Waals surface area contributed by atoms with Gasteiger partial charge in [-0.15, -0.1) is 0 Å². The Morgan fingerprint density at radius 2 is 1.50 bits per heavy atom. The van der Waals surface area contributed by atoms with E-state index in [4.69, 9.17) is 23.2 Å². The summed E-state index contributed by atoms with van der Waals surface area (Å²) in [6.07, 6.45) is 1.51. The van der Waals surface area contributed by atoms with Gasteiger partial charge in [-0.05, 0) is 47.0 Å². The van der Waals surface area contributed by atoms with Gasteiger partial charge in [-0.1, -0.05) is 12.7 Å². The first-order valence-corrected chi connectivity index (χ1v) is 4.47. The van der Waals surface area contributed by atoms with Gasteiger partial charge in [0.1, 0.15) is 0 Å². The molecule has 2 nitrogen and oxygen atoms in total. The molecule has 0 aliphatic heterocycles. The zero-order valence-corrected chi connectivity index (χ0v) is 8.60. The summed E-state index contributed by atoms with van der Waals surface area (Å²) in [5, 5.41) is -1.26. The summed E-state index contributed by atoms with van der Waals surface area (Å²) in [6, 6.07) is 4.41. The van der Waals surface area contributed by atoms with Crippen molar-refractivity contribution in [2.24, 2.45) is 0 Å². The van der Waals surface area contributed by atoms with E-state index in [0.717, 1.165) is 0 Å². The van der Waals surface area contributed by atoms with E-state index in [9.17, 15) is 9.59 Å². The van der Waals surface area contributed by atoms with E-state index in [1.165, 1.54) is 24.3 Å². The summed E-state index contributed by atoms with van der Waals surface area (Å²) >= 11 is 10.6. The molecule has 0 aromatic heterocycles. The molecule has 0 bridgehead atoms. The maximum Gasteiger partial charge on any atom is 0.252 e. The quantitative estimate of drug-likeness (QED) is 0.746. The zero-order valence-electron chi connectivity index (χ0n) is 7.09. The highest BCUT2D eigenvalue weighted by Gasteiger charge is 2.08. The molecule has 0 aliphatic rings. The topological polar surface area (TPSA) is 34.1 Å². The Kier molecular flexibility index (Phi) is 3.44. The lowest BCUT2D eigenvalue weighted by Crippen LogP contribution is -1.96. The minimum atomic E-state index is -0.632. The third-order valence-electron chi connectivity index (χ3n) is 1.64. The highest BCUT2D eigenvalue weighted by molar-refractivity contribution is 6.69. The van der Waals surface area contributed by atoms with E-state index in [-0.39, 0.29) is 11.1 Å². The van der Waals surface area contributed by atoms with Gasteiger partial charge in [-0.3, -0.25) is 9.59 Å². The van der Waals surface area contributed by atoms with Crippen LogP contribution in [-0.4, -0.2) is 10.5 Å². The van der Waals surface area contributed by atoms with Crippen molar-refractivity contribution in [3.05, 3.63) is 41.5 Å². The molecule has 0 aliphatic carbocycles. The molecule has 0 spiro atoms. The zero-order chi connectivity index (χ0) is 10.7. The largest absolute Gasteiger partial charge is 0.276 e. The number of hydrogen-bond acceptors (Lipinski definition) is 2. The van der Waals surface area contributed by atoms with Crippen molar-refractivity contribution in [2.75, 3.05) is 0 Å². The minimum absolute atomic E-state index is 0.230. The number of benzene rings is 1. The van der Waals surface area contributed by atoms with Crippen LogP contribution in [0.5, 0.6) is 0 Å².